The lowest BCUT2D eigenvalue weighted by atomic mass is 9.98. The van der Waals surface area contributed by atoms with E-state index in [1.807, 2.05) is 13.0 Å². The highest BCUT2D eigenvalue weighted by molar-refractivity contribution is 7.99. The first-order chi connectivity index (χ1) is 12.2. The maximum atomic E-state index is 12.7. The number of hydrogen-bond acceptors (Lipinski definition) is 5. The molecule has 2 N–H and O–H groups in total. The molecule has 1 heterocycles. The Labute approximate surface area is 149 Å². The SMILES string of the molecule is CCSc1n[nH]c(NC(=O)c2ccccc2C(=O)c2ccccc2)n1. The van der Waals surface area contributed by atoms with E-state index in [-0.39, 0.29) is 17.3 Å². The number of nitrogens with zero attached hydrogens (tertiary/aromatic N) is 2. The Bertz CT molecular complexity index is 893. The Kier molecular flexibility index (Phi) is 5.25. The summed E-state index contributed by atoms with van der Waals surface area (Å²) in [6.07, 6.45) is 0. The quantitative estimate of drug-likeness (QED) is 0.524. The fraction of sp³-hybridized carbons (Fsp3) is 0.111. The van der Waals surface area contributed by atoms with Gasteiger partial charge in [0, 0.05) is 11.1 Å². The molecule has 6 nitrogen and oxygen atoms in total. The van der Waals surface area contributed by atoms with Gasteiger partial charge in [-0.1, -0.05) is 67.2 Å². The first-order valence-electron chi connectivity index (χ1n) is 7.74. The van der Waals surface area contributed by atoms with Crippen molar-refractivity contribution in [1.82, 2.24) is 15.2 Å². The molecule has 0 aliphatic heterocycles. The van der Waals surface area contributed by atoms with Gasteiger partial charge in [-0.3, -0.25) is 14.9 Å². The van der Waals surface area contributed by atoms with Crippen LogP contribution in [-0.2, 0) is 0 Å². The van der Waals surface area contributed by atoms with Crippen LogP contribution in [0.5, 0.6) is 0 Å². The van der Waals surface area contributed by atoms with Gasteiger partial charge in [-0.2, -0.15) is 4.98 Å². The van der Waals surface area contributed by atoms with Gasteiger partial charge in [-0.25, -0.2) is 5.10 Å². The third kappa shape index (κ3) is 3.95. The van der Waals surface area contributed by atoms with E-state index in [1.54, 1.807) is 48.5 Å². The van der Waals surface area contributed by atoms with E-state index < -0.39 is 5.91 Å². The third-order valence-corrected chi connectivity index (χ3v) is 4.15. The Balaban J connectivity index is 1.84. The van der Waals surface area contributed by atoms with Gasteiger partial charge in [0.2, 0.25) is 11.1 Å². The molecule has 2 aromatic carbocycles. The highest BCUT2D eigenvalue weighted by atomic mass is 32.2. The smallest absolute Gasteiger partial charge is 0.258 e. The van der Waals surface area contributed by atoms with Crippen LogP contribution in [-0.4, -0.2) is 32.6 Å². The summed E-state index contributed by atoms with van der Waals surface area (Å²) in [7, 11) is 0. The zero-order valence-electron chi connectivity index (χ0n) is 13.5. The summed E-state index contributed by atoms with van der Waals surface area (Å²) >= 11 is 1.47. The lowest BCUT2D eigenvalue weighted by Gasteiger charge is -2.08. The molecule has 1 amide bonds. The molecule has 126 valence electrons. The van der Waals surface area contributed by atoms with E-state index in [0.717, 1.165) is 5.75 Å². The molecule has 0 spiro atoms. The Hall–Kier alpha value is -2.93. The van der Waals surface area contributed by atoms with E-state index in [1.165, 1.54) is 11.8 Å². The molecule has 3 rings (SSSR count). The van der Waals surface area contributed by atoms with Crippen LogP contribution in [0.4, 0.5) is 5.95 Å². The number of aromatic amines is 1. The molecule has 7 heteroatoms. The summed E-state index contributed by atoms with van der Waals surface area (Å²) in [5, 5.41) is 9.89. The minimum atomic E-state index is -0.413. The van der Waals surface area contributed by atoms with Crippen LogP contribution in [0.3, 0.4) is 0 Å². The maximum Gasteiger partial charge on any atom is 0.258 e. The van der Waals surface area contributed by atoms with E-state index >= 15 is 0 Å². The molecule has 0 atom stereocenters. The summed E-state index contributed by atoms with van der Waals surface area (Å²) in [4.78, 5) is 29.5. The minimum absolute atomic E-state index is 0.203. The number of ketones is 1. The molecule has 0 bridgehead atoms. The molecular weight excluding hydrogens is 336 g/mol. The third-order valence-electron chi connectivity index (χ3n) is 3.42. The van der Waals surface area contributed by atoms with Gasteiger partial charge in [-0.15, -0.1) is 5.10 Å². The second kappa shape index (κ2) is 7.76. The lowest BCUT2D eigenvalue weighted by molar-refractivity contribution is 0.0996. The number of nitrogens with one attached hydrogen (secondary N) is 2. The first kappa shape index (κ1) is 16.9. The number of carbonyl (C=O) groups excluding carboxylic acids is 2. The van der Waals surface area contributed by atoms with Crippen molar-refractivity contribution in [1.29, 1.82) is 0 Å². The number of H-pyrrole nitrogens is 1. The molecular formula is C18H16N4O2S. The Morgan fingerprint density at radius 1 is 1.04 bits per heavy atom. The minimum Gasteiger partial charge on any atom is -0.291 e. The first-order valence-corrected chi connectivity index (χ1v) is 8.73. The highest BCUT2D eigenvalue weighted by Gasteiger charge is 2.18. The van der Waals surface area contributed by atoms with E-state index in [4.69, 9.17) is 0 Å². The summed E-state index contributed by atoms with van der Waals surface area (Å²) < 4.78 is 0. The molecule has 0 fully saturated rings. The average molecular weight is 352 g/mol. The monoisotopic (exact) mass is 352 g/mol. The Morgan fingerprint density at radius 2 is 1.72 bits per heavy atom. The van der Waals surface area contributed by atoms with Gasteiger partial charge in [0.1, 0.15) is 0 Å². The highest BCUT2D eigenvalue weighted by Crippen LogP contribution is 2.17. The second-order valence-electron chi connectivity index (χ2n) is 5.09. The molecule has 0 saturated carbocycles. The summed E-state index contributed by atoms with van der Waals surface area (Å²) in [5.41, 5.74) is 1.16. The molecule has 0 saturated heterocycles. The zero-order chi connectivity index (χ0) is 17.6. The molecule has 0 aliphatic rings. The van der Waals surface area contributed by atoms with E-state index in [0.29, 0.717) is 16.3 Å². The number of rotatable bonds is 6. The van der Waals surface area contributed by atoms with Crippen LogP contribution >= 0.6 is 11.8 Å². The normalized spacial score (nSPS) is 10.4. The van der Waals surface area contributed by atoms with Crippen LogP contribution < -0.4 is 5.32 Å². The van der Waals surface area contributed by atoms with Crippen molar-refractivity contribution in [3.05, 3.63) is 71.3 Å². The van der Waals surface area contributed by atoms with Crippen molar-refractivity contribution in [3.8, 4) is 0 Å². The zero-order valence-corrected chi connectivity index (χ0v) is 14.3. The van der Waals surface area contributed by atoms with Gasteiger partial charge < -0.3 is 0 Å². The summed E-state index contributed by atoms with van der Waals surface area (Å²) in [6, 6.07) is 15.6. The number of carbonyl (C=O) groups is 2. The van der Waals surface area contributed by atoms with Crippen LogP contribution in [0.25, 0.3) is 0 Å². The second-order valence-corrected chi connectivity index (χ2v) is 6.33. The van der Waals surface area contributed by atoms with Crippen LogP contribution in [0, 0.1) is 0 Å². The van der Waals surface area contributed by atoms with Crippen molar-refractivity contribution >= 4 is 29.4 Å². The number of aromatic nitrogens is 3. The number of anilines is 1. The van der Waals surface area contributed by atoms with Crippen molar-refractivity contribution < 1.29 is 9.59 Å². The summed E-state index contributed by atoms with van der Waals surface area (Å²) in [6.45, 7) is 1.99. The predicted octanol–water partition coefficient (Wildman–Crippen LogP) is 3.40. The lowest BCUT2D eigenvalue weighted by Crippen LogP contribution is -2.17. The number of amides is 1. The molecule has 0 radical (unpaired) electrons. The Morgan fingerprint density at radius 3 is 2.44 bits per heavy atom. The number of thioether (sulfide) groups is 1. The van der Waals surface area contributed by atoms with Crippen molar-refractivity contribution in [2.24, 2.45) is 0 Å². The molecule has 25 heavy (non-hydrogen) atoms. The van der Waals surface area contributed by atoms with Crippen molar-refractivity contribution in [3.63, 3.8) is 0 Å². The molecule has 0 unspecified atom stereocenters. The fourth-order valence-electron chi connectivity index (χ4n) is 2.29. The molecule has 1 aromatic heterocycles. The largest absolute Gasteiger partial charge is 0.291 e. The van der Waals surface area contributed by atoms with Gasteiger partial charge in [-0.05, 0) is 11.8 Å². The van der Waals surface area contributed by atoms with E-state index in [9.17, 15) is 9.59 Å². The standard InChI is InChI=1S/C18H16N4O2S/c1-2-25-18-20-17(21-22-18)19-16(24)14-11-7-6-10-13(14)15(23)12-8-4-3-5-9-12/h3-11H,2H2,1H3,(H2,19,20,21,22,24). The van der Waals surface area contributed by atoms with Crippen LogP contribution in [0.2, 0.25) is 0 Å². The number of benzene rings is 2. The van der Waals surface area contributed by atoms with Gasteiger partial charge >= 0.3 is 0 Å². The van der Waals surface area contributed by atoms with Gasteiger partial charge in [0.15, 0.2) is 5.78 Å². The fourth-order valence-corrected chi connectivity index (χ4v) is 2.82. The predicted molar refractivity (Wildman–Crippen MR) is 97.1 cm³/mol. The summed E-state index contributed by atoms with van der Waals surface area (Å²) in [5.74, 6) is 0.470. The number of hydrogen-bond donors (Lipinski definition) is 2. The average Bonchev–Trinajstić information content (AvgIpc) is 3.09. The van der Waals surface area contributed by atoms with Gasteiger partial charge in [0.25, 0.3) is 5.91 Å². The molecule has 3 aromatic rings. The van der Waals surface area contributed by atoms with Crippen molar-refractivity contribution in [2.45, 2.75) is 12.1 Å². The van der Waals surface area contributed by atoms with Crippen molar-refractivity contribution in [2.75, 3.05) is 11.1 Å². The molecule has 0 aliphatic carbocycles. The van der Waals surface area contributed by atoms with Crippen LogP contribution in [0.1, 0.15) is 33.2 Å². The maximum absolute atomic E-state index is 12.7. The van der Waals surface area contributed by atoms with E-state index in [2.05, 4.69) is 20.5 Å². The topological polar surface area (TPSA) is 87.7 Å². The van der Waals surface area contributed by atoms with Gasteiger partial charge in [0.05, 0.1) is 5.56 Å². The van der Waals surface area contributed by atoms with Crippen LogP contribution in [0.15, 0.2) is 59.8 Å².